The fourth-order valence-corrected chi connectivity index (χ4v) is 11.8. The van der Waals surface area contributed by atoms with Gasteiger partial charge in [-0.15, -0.1) is 0 Å². The van der Waals surface area contributed by atoms with Gasteiger partial charge in [-0.2, -0.15) is 0 Å². The van der Waals surface area contributed by atoms with Gasteiger partial charge in [0.05, 0.1) is 33.8 Å². The van der Waals surface area contributed by atoms with E-state index in [1.54, 1.807) is 0 Å². The first kappa shape index (κ1) is 85.5. The molecular weight excluding hydrogens is 1110 g/mol. The first-order valence-corrected chi connectivity index (χ1v) is 39.2. The van der Waals surface area contributed by atoms with Crippen LogP contribution in [0.3, 0.4) is 0 Å². The van der Waals surface area contributed by atoms with Gasteiger partial charge in [0.2, 0.25) is 5.91 Å². The number of nitrogens with zero attached hydrogens (tertiary/aromatic N) is 1. The van der Waals surface area contributed by atoms with Crippen LogP contribution in [0.4, 0.5) is 0 Å². The van der Waals surface area contributed by atoms with Crippen LogP contribution in [0.15, 0.2) is 72.9 Å². The normalized spacial score (nSPS) is 13.9. The van der Waals surface area contributed by atoms with Crippen LogP contribution in [0.1, 0.15) is 361 Å². The standard InChI is InChI=1S/C78H145N2O7P/c1-7-10-13-16-19-22-25-28-30-32-34-36-38-40-42-44-46-48-50-52-55-58-61-64-67-70-77(81)79-75(74-86-88(83,84)85-73-72-80(4,5)6)76(69-66-63-60-57-54-27-24-21-18-15-12-9-3)87-78(82)71-68-65-62-59-56-53-51-49-47-45-43-41-39-37-35-33-31-29-26-23-20-17-14-11-8-2/h19-20,22-23,28-31,34,36,66,69,75-76H,7-18,21,24-27,32-33,35,37-65,67-68,70-74H2,1-6H3,(H-,79,81,83,84)/b22-19-,23-20-,30-28-,31-29-,36-34-,69-66+. The van der Waals surface area contributed by atoms with E-state index in [1.165, 1.54) is 250 Å². The highest BCUT2D eigenvalue weighted by Gasteiger charge is 2.27. The number of carbonyl (C=O) groups is 2. The van der Waals surface area contributed by atoms with Crippen molar-refractivity contribution in [3.05, 3.63) is 72.9 Å². The molecule has 514 valence electrons. The van der Waals surface area contributed by atoms with E-state index in [-0.39, 0.29) is 31.5 Å². The number of rotatable bonds is 69. The fourth-order valence-electron chi connectivity index (χ4n) is 11.0. The largest absolute Gasteiger partial charge is 0.756 e. The van der Waals surface area contributed by atoms with Crippen molar-refractivity contribution >= 4 is 19.7 Å². The van der Waals surface area contributed by atoms with Gasteiger partial charge in [-0.25, -0.2) is 0 Å². The molecule has 0 spiro atoms. The van der Waals surface area contributed by atoms with Crippen LogP contribution in [-0.4, -0.2) is 69.4 Å². The summed E-state index contributed by atoms with van der Waals surface area (Å²) in [6, 6.07) is -0.892. The zero-order valence-electron chi connectivity index (χ0n) is 58.9. The van der Waals surface area contributed by atoms with E-state index in [0.29, 0.717) is 17.4 Å². The lowest BCUT2D eigenvalue weighted by molar-refractivity contribution is -0.870. The maximum atomic E-state index is 13.6. The topological polar surface area (TPSA) is 114 Å². The summed E-state index contributed by atoms with van der Waals surface area (Å²) in [6.45, 7) is 6.84. The lowest BCUT2D eigenvalue weighted by Gasteiger charge is -2.30. The number of likely N-dealkylation sites (N-methyl/N-ethyl adjacent to an activating group) is 1. The van der Waals surface area contributed by atoms with E-state index in [1.807, 2.05) is 33.3 Å². The minimum atomic E-state index is -4.71. The van der Waals surface area contributed by atoms with Crippen molar-refractivity contribution in [1.82, 2.24) is 5.32 Å². The molecule has 0 radical (unpaired) electrons. The molecule has 3 unspecified atom stereocenters. The molecule has 88 heavy (non-hydrogen) atoms. The number of ether oxygens (including phenoxy) is 1. The van der Waals surface area contributed by atoms with Crippen molar-refractivity contribution < 1.29 is 37.3 Å². The van der Waals surface area contributed by atoms with Crippen LogP contribution in [0.5, 0.6) is 0 Å². The quantitative estimate of drug-likeness (QED) is 0.0212. The highest BCUT2D eigenvalue weighted by Crippen LogP contribution is 2.38. The molecule has 10 heteroatoms. The van der Waals surface area contributed by atoms with Crippen LogP contribution in [0, 0.1) is 0 Å². The Kier molecular flexibility index (Phi) is 65.4. The molecule has 1 amide bonds. The molecule has 0 aromatic heterocycles. The van der Waals surface area contributed by atoms with Gasteiger partial charge in [-0.3, -0.25) is 14.2 Å². The summed E-state index contributed by atoms with van der Waals surface area (Å²) >= 11 is 0. The van der Waals surface area contributed by atoms with E-state index in [2.05, 4.69) is 86.8 Å². The van der Waals surface area contributed by atoms with E-state index >= 15 is 0 Å². The third-order valence-corrected chi connectivity index (χ3v) is 17.8. The molecular formula is C78H145N2O7P. The number of amides is 1. The highest BCUT2D eigenvalue weighted by molar-refractivity contribution is 7.45. The van der Waals surface area contributed by atoms with Gasteiger partial charge in [0.25, 0.3) is 7.82 Å². The second-order valence-corrected chi connectivity index (χ2v) is 28.2. The van der Waals surface area contributed by atoms with Gasteiger partial charge < -0.3 is 28.5 Å². The molecule has 0 saturated carbocycles. The lowest BCUT2D eigenvalue weighted by atomic mass is 10.0. The summed E-state index contributed by atoms with van der Waals surface area (Å²) in [5, 5.41) is 3.05. The zero-order chi connectivity index (χ0) is 64.2. The summed E-state index contributed by atoms with van der Waals surface area (Å²) in [4.78, 5) is 40.3. The average Bonchev–Trinajstić information content (AvgIpc) is 3.71. The smallest absolute Gasteiger partial charge is 0.306 e. The van der Waals surface area contributed by atoms with E-state index in [0.717, 1.165) is 77.0 Å². The molecule has 0 aromatic rings. The summed E-state index contributed by atoms with van der Waals surface area (Å²) in [5.41, 5.74) is 0. The van der Waals surface area contributed by atoms with Crippen LogP contribution in [0.2, 0.25) is 0 Å². The number of carbonyl (C=O) groups excluding carboxylic acids is 2. The summed E-state index contributed by atoms with van der Waals surface area (Å²) in [7, 11) is 1.19. The van der Waals surface area contributed by atoms with Crippen molar-refractivity contribution in [1.29, 1.82) is 0 Å². The molecule has 9 nitrogen and oxygen atoms in total. The number of esters is 1. The Hall–Kier alpha value is -2.55. The predicted molar refractivity (Wildman–Crippen MR) is 381 cm³/mol. The Morgan fingerprint density at radius 1 is 0.398 bits per heavy atom. The predicted octanol–water partition coefficient (Wildman–Crippen LogP) is 23.7. The second kappa shape index (κ2) is 67.3. The van der Waals surface area contributed by atoms with E-state index < -0.39 is 20.0 Å². The number of quaternary nitrogens is 1. The molecule has 3 atom stereocenters. The Bertz CT molecular complexity index is 1730. The van der Waals surface area contributed by atoms with E-state index in [9.17, 15) is 19.0 Å². The van der Waals surface area contributed by atoms with Crippen molar-refractivity contribution in [2.24, 2.45) is 0 Å². The molecule has 1 N–H and O–H groups in total. The number of unbranched alkanes of at least 4 members (excludes halogenated alkanes) is 43. The molecule has 0 aromatic carbocycles. The van der Waals surface area contributed by atoms with Crippen LogP contribution in [-0.2, 0) is 27.9 Å². The number of allylic oxidation sites excluding steroid dienone is 11. The van der Waals surface area contributed by atoms with Crippen molar-refractivity contribution in [3.63, 3.8) is 0 Å². The SMILES string of the molecule is CCCCC/C=C\C/C=C\C/C=C\CCCCCCCCCCCCCCC(=O)NC(COP(=O)([O-])OCC[N+](C)(C)C)C(/C=C/CCCCCCCCCCCC)OC(=O)CCCCCCCCCCCCCCCCC/C=C\C/C=C\CCCCC. The molecule has 0 fully saturated rings. The lowest BCUT2D eigenvalue weighted by Crippen LogP contribution is -2.47. The molecule has 0 heterocycles. The van der Waals surface area contributed by atoms with Gasteiger partial charge in [0.15, 0.2) is 0 Å². The van der Waals surface area contributed by atoms with Crippen molar-refractivity contribution in [2.75, 3.05) is 40.9 Å². The van der Waals surface area contributed by atoms with Gasteiger partial charge in [0, 0.05) is 12.8 Å². The number of hydrogen-bond acceptors (Lipinski definition) is 7. The summed E-state index contributed by atoms with van der Waals surface area (Å²) in [6.07, 6.45) is 88.9. The number of hydrogen-bond donors (Lipinski definition) is 1. The van der Waals surface area contributed by atoms with Gasteiger partial charge in [-0.05, 0) is 102 Å². The van der Waals surface area contributed by atoms with Crippen LogP contribution >= 0.6 is 7.82 Å². The zero-order valence-corrected chi connectivity index (χ0v) is 59.8. The Balaban J connectivity index is 4.98. The number of phosphoric ester groups is 1. The second-order valence-electron chi connectivity index (χ2n) is 26.8. The fraction of sp³-hybridized carbons (Fsp3) is 0.821. The van der Waals surface area contributed by atoms with E-state index in [4.69, 9.17) is 13.8 Å². The average molecular weight is 1250 g/mol. The maximum Gasteiger partial charge on any atom is 0.306 e. The third kappa shape index (κ3) is 67.8. The summed E-state index contributed by atoms with van der Waals surface area (Å²) < 4.78 is 30.5. The first-order valence-electron chi connectivity index (χ1n) is 37.7. The minimum absolute atomic E-state index is 0.0230. The van der Waals surface area contributed by atoms with Gasteiger partial charge in [-0.1, -0.05) is 319 Å². The number of nitrogens with one attached hydrogen (secondary N) is 1. The summed E-state index contributed by atoms with van der Waals surface area (Å²) in [5.74, 6) is -0.530. The van der Waals surface area contributed by atoms with Crippen molar-refractivity contribution in [3.8, 4) is 0 Å². The Morgan fingerprint density at radius 3 is 1.06 bits per heavy atom. The Labute approximate surface area is 546 Å². The van der Waals surface area contributed by atoms with Crippen LogP contribution in [0.25, 0.3) is 0 Å². The molecule has 0 aliphatic carbocycles. The third-order valence-electron chi connectivity index (χ3n) is 16.9. The molecule has 0 saturated heterocycles. The monoisotopic (exact) mass is 1250 g/mol. The minimum Gasteiger partial charge on any atom is -0.756 e. The molecule has 0 bridgehead atoms. The molecule has 0 rings (SSSR count). The first-order chi connectivity index (χ1) is 42.9. The molecule has 0 aliphatic heterocycles. The van der Waals surface area contributed by atoms with Crippen molar-refractivity contribution in [2.45, 2.75) is 373 Å². The van der Waals surface area contributed by atoms with Gasteiger partial charge in [0.1, 0.15) is 19.3 Å². The Morgan fingerprint density at radius 2 is 0.693 bits per heavy atom. The maximum absolute atomic E-state index is 13.6. The van der Waals surface area contributed by atoms with Crippen LogP contribution < -0.4 is 10.2 Å². The number of phosphoric acid groups is 1. The highest BCUT2D eigenvalue weighted by atomic mass is 31.2. The molecule has 0 aliphatic rings. The van der Waals surface area contributed by atoms with Gasteiger partial charge >= 0.3 is 5.97 Å².